The van der Waals surface area contributed by atoms with Crippen LogP contribution in [-0.4, -0.2) is 41.2 Å². The Morgan fingerprint density at radius 1 is 1.00 bits per heavy atom. The standard InChI is InChI=1S/C19H18Cl3N3O4S/c1-28-14-5-3-4-12(10-14)15(26)24-17(19(20,21)22)25-18(30)23-13-8-6-11(7-9-13)16(27)29-2/h3-10,17H,1-2H3,(H,24,26)(H2,23,25,30)/t17-/m1/s1. The zero-order valence-corrected chi connectivity index (χ0v) is 19.0. The number of carbonyl (C=O) groups excluding carboxylic acids is 2. The lowest BCUT2D eigenvalue weighted by atomic mass is 10.2. The molecule has 30 heavy (non-hydrogen) atoms. The van der Waals surface area contributed by atoms with E-state index in [1.807, 2.05) is 0 Å². The monoisotopic (exact) mass is 489 g/mol. The van der Waals surface area contributed by atoms with Crippen molar-refractivity contribution in [2.75, 3.05) is 19.5 Å². The number of amides is 1. The fraction of sp³-hybridized carbons (Fsp3) is 0.211. The number of hydrogen-bond donors (Lipinski definition) is 3. The molecule has 7 nitrogen and oxygen atoms in total. The minimum absolute atomic E-state index is 0.0862. The Bertz CT molecular complexity index is 920. The second kappa shape index (κ2) is 10.7. The zero-order valence-electron chi connectivity index (χ0n) is 15.9. The fourth-order valence-electron chi connectivity index (χ4n) is 2.28. The van der Waals surface area contributed by atoms with E-state index in [0.29, 0.717) is 22.6 Å². The molecule has 0 bridgehead atoms. The molecule has 0 saturated heterocycles. The Labute approximate surface area is 194 Å². The summed E-state index contributed by atoms with van der Waals surface area (Å²) in [6, 6.07) is 12.9. The van der Waals surface area contributed by atoms with Gasteiger partial charge in [-0.15, -0.1) is 0 Å². The maximum Gasteiger partial charge on any atom is 0.337 e. The number of methoxy groups -OCH3 is 2. The van der Waals surface area contributed by atoms with Crippen molar-refractivity contribution in [3.8, 4) is 5.75 Å². The molecule has 1 amide bonds. The SMILES string of the molecule is COC(=O)c1ccc(NC(=S)N[C@@H](NC(=O)c2cccc(OC)c2)C(Cl)(Cl)Cl)cc1. The smallest absolute Gasteiger partial charge is 0.337 e. The summed E-state index contributed by atoms with van der Waals surface area (Å²) in [6.45, 7) is 0. The van der Waals surface area contributed by atoms with Crippen molar-refractivity contribution in [2.45, 2.75) is 9.96 Å². The number of esters is 1. The van der Waals surface area contributed by atoms with Crippen molar-refractivity contribution < 1.29 is 19.1 Å². The maximum atomic E-state index is 12.5. The van der Waals surface area contributed by atoms with Crippen LogP contribution < -0.4 is 20.7 Å². The molecule has 2 rings (SSSR count). The Kier molecular flexibility index (Phi) is 8.54. The molecule has 0 aromatic heterocycles. The number of anilines is 1. The van der Waals surface area contributed by atoms with E-state index in [2.05, 4.69) is 20.7 Å². The van der Waals surface area contributed by atoms with E-state index in [9.17, 15) is 9.59 Å². The molecular formula is C19H18Cl3N3O4S. The van der Waals surface area contributed by atoms with Crippen LogP contribution in [0.2, 0.25) is 0 Å². The normalized spacial score (nSPS) is 11.8. The number of alkyl halides is 3. The van der Waals surface area contributed by atoms with Gasteiger partial charge in [0.05, 0.1) is 19.8 Å². The first-order valence-electron chi connectivity index (χ1n) is 8.41. The maximum absolute atomic E-state index is 12.5. The van der Waals surface area contributed by atoms with Gasteiger partial charge in [0.2, 0.25) is 3.79 Å². The molecule has 0 aliphatic rings. The highest BCUT2D eigenvalue weighted by Gasteiger charge is 2.35. The van der Waals surface area contributed by atoms with Crippen LogP contribution in [0.5, 0.6) is 5.75 Å². The summed E-state index contributed by atoms with van der Waals surface area (Å²) in [5.74, 6) is -0.449. The highest BCUT2D eigenvalue weighted by Crippen LogP contribution is 2.29. The first-order valence-corrected chi connectivity index (χ1v) is 9.95. The molecule has 0 radical (unpaired) electrons. The Hall–Kier alpha value is -2.26. The summed E-state index contributed by atoms with van der Waals surface area (Å²) >= 11 is 23.2. The van der Waals surface area contributed by atoms with Gasteiger partial charge in [-0.25, -0.2) is 4.79 Å². The van der Waals surface area contributed by atoms with Gasteiger partial charge in [0.15, 0.2) is 5.11 Å². The van der Waals surface area contributed by atoms with Gasteiger partial charge in [0.25, 0.3) is 5.91 Å². The van der Waals surface area contributed by atoms with Gasteiger partial charge in [-0.2, -0.15) is 0 Å². The van der Waals surface area contributed by atoms with E-state index < -0.39 is 21.8 Å². The van der Waals surface area contributed by atoms with E-state index in [1.54, 1.807) is 48.5 Å². The van der Waals surface area contributed by atoms with Crippen molar-refractivity contribution >= 4 is 69.7 Å². The molecule has 11 heteroatoms. The predicted octanol–water partition coefficient (Wildman–Crippen LogP) is 3.89. The van der Waals surface area contributed by atoms with E-state index in [4.69, 9.17) is 51.8 Å². The van der Waals surface area contributed by atoms with Crippen LogP contribution in [-0.2, 0) is 4.74 Å². The van der Waals surface area contributed by atoms with Crippen molar-refractivity contribution in [2.24, 2.45) is 0 Å². The van der Waals surface area contributed by atoms with Crippen molar-refractivity contribution in [1.82, 2.24) is 10.6 Å². The molecule has 0 saturated carbocycles. The molecule has 0 spiro atoms. The summed E-state index contributed by atoms with van der Waals surface area (Å²) < 4.78 is 7.84. The largest absolute Gasteiger partial charge is 0.497 e. The highest BCUT2D eigenvalue weighted by atomic mass is 35.6. The molecule has 0 heterocycles. The lowest BCUT2D eigenvalue weighted by Gasteiger charge is -2.27. The van der Waals surface area contributed by atoms with Crippen LogP contribution in [0.4, 0.5) is 5.69 Å². The van der Waals surface area contributed by atoms with E-state index in [-0.39, 0.29) is 5.11 Å². The third kappa shape index (κ3) is 6.91. The molecule has 0 fully saturated rings. The molecule has 2 aromatic rings. The molecule has 3 N–H and O–H groups in total. The molecular weight excluding hydrogens is 473 g/mol. The first kappa shape index (κ1) is 24.0. The van der Waals surface area contributed by atoms with E-state index >= 15 is 0 Å². The summed E-state index contributed by atoms with van der Waals surface area (Å²) in [5, 5.41) is 8.30. The van der Waals surface area contributed by atoms with Gasteiger partial charge in [-0.05, 0) is 54.7 Å². The minimum Gasteiger partial charge on any atom is -0.497 e. The summed E-state index contributed by atoms with van der Waals surface area (Å²) in [6.07, 6.45) is -1.14. The van der Waals surface area contributed by atoms with Gasteiger partial charge in [-0.1, -0.05) is 40.9 Å². The van der Waals surface area contributed by atoms with Crippen molar-refractivity contribution in [3.05, 3.63) is 59.7 Å². The lowest BCUT2D eigenvalue weighted by molar-refractivity contribution is 0.0600. The average molecular weight is 491 g/mol. The Balaban J connectivity index is 2.06. The molecule has 160 valence electrons. The third-order valence-corrected chi connectivity index (χ3v) is 4.65. The molecule has 2 aromatic carbocycles. The number of ether oxygens (including phenoxy) is 2. The summed E-state index contributed by atoms with van der Waals surface area (Å²) in [4.78, 5) is 24.0. The quantitative estimate of drug-likeness (QED) is 0.245. The first-order chi connectivity index (χ1) is 14.1. The predicted molar refractivity (Wildman–Crippen MR) is 122 cm³/mol. The summed E-state index contributed by atoms with van der Waals surface area (Å²) in [7, 11) is 2.79. The van der Waals surface area contributed by atoms with Gasteiger partial charge >= 0.3 is 5.97 Å². The van der Waals surface area contributed by atoms with Gasteiger partial charge < -0.3 is 25.4 Å². The summed E-state index contributed by atoms with van der Waals surface area (Å²) in [5.41, 5.74) is 1.27. The van der Waals surface area contributed by atoms with Gasteiger partial charge in [-0.3, -0.25) is 4.79 Å². The number of halogens is 3. The number of rotatable bonds is 6. The van der Waals surface area contributed by atoms with Gasteiger partial charge in [0.1, 0.15) is 11.9 Å². The zero-order chi connectivity index (χ0) is 22.3. The second-order valence-corrected chi connectivity index (χ2v) is 8.62. The molecule has 0 aliphatic carbocycles. The third-order valence-electron chi connectivity index (χ3n) is 3.77. The number of thiocarbonyl (C=S) groups is 1. The minimum atomic E-state index is -1.91. The number of benzene rings is 2. The Morgan fingerprint density at radius 2 is 1.67 bits per heavy atom. The Morgan fingerprint density at radius 3 is 2.23 bits per heavy atom. The number of carbonyl (C=O) groups is 2. The molecule has 0 aliphatic heterocycles. The highest BCUT2D eigenvalue weighted by molar-refractivity contribution is 7.80. The average Bonchev–Trinajstić information content (AvgIpc) is 2.72. The number of nitrogens with one attached hydrogen (secondary N) is 3. The topological polar surface area (TPSA) is 88.7 Å². The fourth-order valence-corrected chi connectivity index (χ4v) is 2.85. The van der Waals surface area contributed by atoms with Crippen LogP contribution in [0.1, 0.15) is 20.7 Å². The van der Waals surface area contributed by atoms with Crippen molar-refractivity contribution in [3.63, 3.8) is 0 Å². The van der Waals surface area contributed by atoms with Crippen LogP contribution in [0.15, 0.2) is 48.5 Å². The van der Waals surface area contributed by atoms with Crippen molar-refractivity contribution in [1.29, 1.82) is 0 Å². The molecule has 1 atom stereocenters. The van der Waals surface area contributed by atoms with Crippen LogP contribution >= 0.6 is 47.0 Å². The van der Waals surface area contributed by atoms with E-state index in [0.717, 1.165) is 0 Å². The second-order valence-electron chi connectivity index (χ2n) is 5.85. The lowest BCUT2D eigenvalue weighted by Crippen LogP contribution is -2.56. The number of hydrogen-bond acceptors (Lipinski definition) is 5. The van der Waals surface area contributed by atoms with Gasteiger partial charge in [0, 0.05) is 11.3 Å². The van der Waals surface area contributed by atoms with Crippen LogP contribution in [0.3, 0.4) is 0 Å². The molecule has 0 unspecified atom stereocenters. The van der Waals surface area contributed by atoms with Crippen LogP contribution in [0, 0.1) is 0 Å². The van der Waals surface area contributed by atoms with Crippen LogP contribution in [0.25, 0.3) is 0 Å². The van der Waals surface area contributed by atoms with E-state index in [1.165, 1.54) is 14.2 Å².